The largest absolute Gasteiger partial charge is 0.313 e. The van der Waals surface area contributed by atoms with Gasteiger partial charge in [-0.2, -0.15) is 0 Å². The lowest BCUT2D eigenvalue weighted by Crippen LogP contribution is -2.44. The molecule has 0 saturated carbocycles. The van der Waals surface area contributed by atoms with Crippen LogP contribution in [0.4, 0.5) is 0 Å². The van der Waals surface area contributed by atoms with Crippen LogP contribution in [0.15, 0.2) is 0 Å². The lowest BCUT2D eigenvalue weighted by atomic mass is 10.1. The number of nitrogens with zero attached hydrogens (tertiary/aromatic N) is 2. The number of likely N-dealkylation sites (N-methyl/N-ethyl adjacent to an activating group) is 2. The van der Waals surface area contributed by atoms with Gasteiger partial charge in [-0.1, -0.05) is 6.42 Å². The molecule has 6 heteroatoms. The minimum Gasteiger partial charge on any atom is -0.313 e. The monoisotopic (exact) mass is 263 g/mol. The second kappa shape index (κ2) is 6.68. The van der Waals surface area contributed by atoms with Gasteiger partial charge in [-0.15, -0.1) is 0 Å². The summed E-state index contributed by atoms with van der Waals surface area (Å²) in [5.74, 6) is 0.233. The van der Waals surface area contributed by atoms with E-state index in [1.54, 1.807) is 7.05 Å². The van der Waals surface area contributed by atoms with Gasteiger partial charge in [0.05, 0.1) is 5.75 Å². The Bertz CT molecular complexity index is 311. The van der Waals surface area contributed by atoms with Gasteiger partial charge >= 0.3 is 0 Å². The molecule has 1 saturated heterocycles. The van der Waals surface area contributed by atoms with Gasteiger partial charge in [0.2, 0.25) is 10.0 Å². The van der Waals surface area contributed by atoms with Crippen molar-refractivity contribution in [2.24, 2.45) is 0 Å². The van der Waals surface area contributed by atoms with E-state index in [9.17, 15) is 8.42 Å². The summed E-state index contributed by atoms with van der Waals surface area (Å²) in [6, 6.07) is 0.135. The highest BCUT2D eigenvalue weighted by Crippen LogP contribution is 2.10. The molecule has 1 aliphatic rings. The number of hydrogen-bond donors (Lipinski definition) is 1. The van der Waals surface area contributed by atoms with Crippen LogP contribution in [0, 0.1) is 0 Å². The van der Waals surface area contributed by atoms with E-state index in [1.165, 1.54) is 4.31 Å². The molecule has 1 fully saturated rings. The number of piperidine rings is 1. The molecule has 0 aliphatic carbocycles. The normalized spacial score (nSPS) is 22.3. The predicted octanol–water partition coefficient (Wildman–Crippen LogP) is -0.0483. The lowest BCUT2D eigenvalue weighted by Gasteiger charge is -2.26. The van der Waals surface area contributed by atoms with Crippen molar-refractivity contribution >= 4 is 10.0 Å². The summed E-state index contributed by atoms with van der Waals surface area (Å²) < 4.78 is 25.6. The van der Waals surface area contributed by atoms with E-state index in [-0.39, 0.29) is 11.8 Å². The Morgan fingerprint density at radius 2 is 1.88 bits per heavy atom. The zero-order valence-electron chi connectivity index (χ0n) is 11.1. The minimum atomic E-state index is -3.11. The second-order valence-corrected chi connectivity index (χ2v) is 7.17. The zero-order chi connectivity index (χ0) is 12.9. The topological polar surface area (TPSA) is 52.7 Å². The Balaban J connectivity index is 2.43. The fourth-order valence-corrected chi connectivity index (χ4v) is 3.33. The average molecular weight is 263 g/mol. The van der Waals surface area contributed by atoms with Crippen LogP contribution in [-0.2, 0) is 10.0 Å². The molecule has 102 valence electrons. The number of sulfonamides is 1. The van der Waals surface area contributed by atoms with Crippen molar-refractivity contribution in [3.8, 4) is 0 Å². The van der Waals surface area contributed by atoms with Crippen LogP contribution in [0.1, 0.15) is 19.3 Å². The van der Waals surface area contributed by atoms with E-state index in [4.69, 9.17) is 0 Å². The third-order valence-electron chi connectivity index (χ3n) is 3.16. The summed E-state index contributed by atoms with van der Waals surface area (Å²) in [5, 5.41) is 3.28. The van der Waals surface area contributed by atoms with E-state index in [0.29, 0.717) is 6.54 Å². The molecule has 0 amide bonds. The molecule has 0 aromatic rings. The van der Waals surface area contributed by atoms with Gasteiger partial charge in [0.25, 0.3) is 0 Å². The quantitative estimate of drug-likeness (QED) is 0.730. The molecule has 5 nitrogen and oxygen atoms in total. The SMILES string of the molecule is CN(C)CCN(C)S(=O)(=O)CC1CCCCN1. The zero-order valence-corrected chi connectivity index (χ0v) is 12.0. The highest BCUT2D eigenvalue weighted by atomic mass is 32.2. The summed E-state index contributed by atoms with van der Waals surface area (Å²) in [5.41, 5.74) is 0. The van der Waals surface area contributed by atoms with Gasteiger partial charge < -0.3 is 10.2 Å². The Labute approximate surface area is 105 Å². The van der Waals surface area contributed by atoms with Gasteiger partial charge in [-0.3, -0.25) is 0 Å². The van der Waals surface area contributed by atoms with Crippen molar-refractivity contribution in [1.82, 2.24) is 14.5 Å². The highest BCUT2D eigenvalue weighted by Gasteiger charge is 2.24. The minimum absolute atomic E-state index is 0.135. The molecule has 1 rings (SSSR count). The van der Waals surface area contributed by atoms with Gasteiger partial charge in [-0.25, -0.2) is 12.7 Å². The van der Waals surface area contributed by atoms with Crippen molar-refractivity contribution in [3.63, 3.8) is 0 Å². The average Bonchev–Trinajstić information content (AvgIpc) is 2.26. The maximum Gasteiger partial charge on any atom is 0.215 e. The molecule has 0 bridgehead atoms. The third kappa shape index (κ3) is 5.33. The first-order valence-electron chi connectivity index (χ1n) is 6.24. The van der Waals surface area contributed by atoms with Crippen molar-refractivity contribution in [2.75, 3.05) is 46.5 Å². The third-order valence-corrected chi connectivity index (χ3v) is 5.12. The highest BCUT2D eigenvalue weighted by molar-refractivity contribution is 7.89. The molecular formula is C11H25N3O2S. The van der Waals surface area contributed by atoms with Crippen LogP contribution >= 0.6 is 0 Å². The van der Waals surface area contributed by atoms with Crippen LogP contribution < -0.4 is 5.32 Å². The Hall–Kier alpha value is -0.170. The molecule has 1 aliphatic heterocycles. The Kier molecular flexibility index (Phi) is 5.85. The van der Waals surface area contributed by atoms with E-state index in [2.05, 4.69) is 5.32 Å². The van der Waals surface area contributed by atoms with Gasteiger partial charge in [-0.05, 0) is 33.5 Å². The summed E-state index contributed by atoms with van der Waals surface area (Å²) in [4.78, 5) is 1.99. The summed E-state index contributed by atoms with van der Waals surface area (Å²) in [6.07, 6.45) is 3.27. The molecule has 1 N–H and O–H groups in total. The van der Waals surface area contributed by atoms with Crippen LogP contribution in [0.25, 0.3) is 0 Å². The Morgan fingerprint density at radius 1 is 1.18 bits per heavy atom. The van der Waals surface area contributed by atoms with E-state index in [1.807, 2.05) is 19.0 Å². The first-order valence-corrected chi connectivity index (χ1v) is 7.85. The second-order valence-electron chi connectivity index (χ2n) is 5.05. The molecule has 1 unspecified atom stereocenters. The predicted molar refractivity (Wildman–Crippen MR) is 70.6 cm³/mol. The molecule has 0 aromatic carbocycles. The van der Waals surface area contributed by atoms with Crippen LogP contribution in [-0.4, -0.2) is 70.2 Å². The first-order chi connectivity index (χ1) is 7.92. The van der Waals surface area contributed by atoms with Crippen molar-refractivity contribution in [3.05, 3.63) is 0 Å². The standard InChI is InChI=1S/C11H25N3O2S/c1-13(2)8-9-14(3)17(15,16)10-11-6-4-5-7-12-11/h11-12H,4-10H2,1-3H3. The fraction of sp³-hybridized carbons (Fsp3) is 1.00. The van der Waals surface area contributed by atoms with Gasteiger partial charge in [0, 0.05) is 26.2 Å². The fourth-order valence-electron chi connectivity index (χ4n) is 1.93. The number of nitrogens with one attached hydrogen (secondary N) is 1. The van der Waals surface area contributed by atoms with Crippen molar-refractivity contribution < 1.29 is 8.42 Å². The molecule has 1 atom stereocenters. The van der Waals surface area contributed by atoms with E-state index >= 15 is 0 Å². The molecule has 1 heterocycles. The number of rotatable bonds is 6. The van der Waals surface area contributed by atoms with Crippen LogP contribution in [0.5, 0.6) is 0 Å². The number of hydrogen-bond acceptors (Lipinski definition) is 4. The van der Waals surface area contributed by atoms with Crippen LogP contribution in [0.2, 0.25) is 0 Å². The van der Waals surface area contributed by atoms with Crippen LogP contribution in [0.3, 0.4) is 0 Å². The molecule has 0 radical (unpaired) electrons. The Morgan fingerprint density at radius 3 is 2.41 bits per heavy atom. The van der Waals surface area contributed by atoms with E-state index < -0.39 is 10.0 Å². The summed E-state index contributed by atoms with van der Waals surface area (Å²) in [7, 11) is 2.45. The summed E-state index contributed by atoms with van der Waals surface area (Å²) in [6.45, 7) is 2.26. The van der Waals surface area contributed by atoms with Gasteiger partial charge in [0.1, 0.15) is 0 Å². The van der Waals surface area contributed by atoms with Crippen molar-refractivity contribution in [1.29, 1.82) is 0 Å². The maximum atomic E-state index is 12.1. The maximum absolute atomic E-state index is 12.1. The van der Waals surface area contributed by atoms with Crippen molar-refractivity contribution in [2.45, 2.75) is 25.3 Å². The van der Waals surface area contributed by atoms with E-state index in [0.717, 1.165) is 32.4 Å². The first kappa shape index (κ1) is 14.9. The molecular weight excluding hydrogens is 238 g/mol. The summed E-state index contributed by atoms with van der Waals surface area (Å²) >= 11 is 0. The van der Waals surface area contributed by atoms with Gasteiger partial charge in [0.15, 0.2) is 0 Å². The molecule has 0 aromatic heterocycles. The smallest absolute Gasteiger partial charge is 0.215 e. The molecule has 17 heavy (non-hydrogen) atoms. The molecule has 0 spiro atoms. The lowest BCUT2D eigenvalue weighted by molar-refractivity contribution is 0.354.